The number of nitrogens with two attached hydrogens (primary N) is 1. The largest absolute Gasteiger partial charge is 0.381 e. The molecule has 0 atom stereocenters. The van der Waals surface area contributed by atoms with Crippen molar-refractivity contribution in [2.24, 2.45) is 5.73 Å². The normalized spacial score (nSPS) is 16.5. The van der Waals surface area contributed by atoms with E-state index in [1.54, 1.807) is 25.1 Å². The maximum atomic E-state index is 12.5. The van der Waals surface area contributed by atoms with Crippen LogP contribution in [0.4, 0.5) is 5.69 Å². The molecule has 7 nitrogen and oxygen atoms in total. The van der Waals surface area contributed by atoms with Gasteiger partial charge in [0.25, 0.3) is 0 Å². The van der Waals surface area contributed by atoms with Crippen LogP contribution in [0.1, 0.15) is 24.0 Å². The Balaban J connectivity index is 2.61. The number of carbonyl (C=O) groups is 2. The summed E-state index contributed by atoms with van der Waals surface area (Å²) in [4.78, 5) is 26.0. The van der Waals surface area contributed by atoms with E-state index in [0.29, 0.717) is 11.3 Å². The zero-order valence-corrected chi connectivity index (χ0v) is 15.6. The SMILES string of the molecule is C#CC(=O)N(c1ccc(C)c(CS(C)(=O)=O)c1)C1(C(N)=O)CCOCC1. The molecule has 2 rings (SSSR count). The number of carbonyl (C=O) groups excluding carboxylic acids is 2. The number of rotatable bonds is 5. The van der Waals surface area contributed by atoms with E-state index in [2.05, 4.69) is 0 Å². The van der Waals surface area contributed by atoms with Crippen LogP contribution in [-0.2, 0) is 29.9 Å². The molecule has 2 amide bonds. The molecule has 0 aliphatic carbocycles. The van der Waals surface area contributed by atoms with Gasteiger partial charge in [0.2, 0.25) is 5.91 Å². The first-order valence-corrected chi connectivity index (χ1v) is 10.1. The number of amides is 2. The van der Waals surface area contributed by atoms with Crippen LogP contribution < -0.4 is 10.6 Å². The van der Waals surface area contributed by atoms with Crippen molar-refractivity contribution >= 4 is 27.3 Å². The molecular formula is C18H22N2O5S. The number of primary amides is 1. The van der Waals surface area contributed by atoms with Gasteiger partial charge in [0.05, 0.1) is 5.75 Å². The Labute approximate surface area is 153 Å². The van der Waals surface area contributed by atoms with Crippen molar-refractivity contribution in [3.8, 4) is 12.3 Å². The van der Waals surface area contributed by atoms with Gasteiger partial charge in [-0.1, -0.05) is 6.07 Å². The van der Waals surface area contributed by atoms with Crippen molar-refractivity contribution in [1.82, 2.24) is 0 Å². The van der Waals surface area contributed by atoms with Gasteiger partial charge in [-0.25, -0.2) is 8.42 Å². The smallest absolute Gasteiger partial charge is 0.303 e. The number of benzene rings is 1. The van der Waals surface area contributed by atoms with Crippen molar-refractivity contribution in [3.05, 3.63) is 29.3 Å². The summed E-state index contributed by atoms with van der Waals surface area (Å²) < 4.78 is 28.7. The van der Waals surface area contributed by atoms with Crippen LogP contribution in [0.2, 0.25) is 0 Å². The van der Waals surface area contributed by atoms with Gasteiger partial charge in [0, 0.05) is 38.0 Å². The highest BCUT2D eigenvalue weighted by molar-refractivity contribution is 7.89. The average Bonchev–Trinajstić information content (AvgIpc) is 2.57. The van der Waals surface area contributed by atoms with Crippen molar-refractivity contribution in [2.45, 2.75) is 31.1 Å². The summed E-state index contributed by atoms with van der Waals surface area (Å²) in [6.45, 7) is 2.30. The van der Waals surface area contributed by atoms with Crippen LogP contribution in [-0.4, -0.2) is 45.2 Å². The fourth-order valence-electron chi connectivity index (χ4n) is 3.15. The molecule has 1 saturated heterocycles. The molecule has 1 aromatic rings. The standard InChI is InChI=1S/C18H22N2O5S/c1-4-16(21)20(18(17(19)22)7-9-25-10-8-18)15-6-5-13(2)14(11-15)12-26(3,23)24/h1,5-6,11H,7-10,12H2,2-3H3,(H2,19,22). The molecule has 1 heterocycles. The van der Waals surface area contributed by atoms with E-state index in [-0.39, 0.29) is 31.8 Å². The molecule has 2 N–H and O–H groups in total. The fraction of sp³-hybridized carbons (Fsp3) is 0.444. The third kappa shape index (κ3) is 4.06. The quantitative estimate of drug-likeness (QED) is 0.753. The Morgan fingerprint density at radius 1 is 1.35 bits per heavy atom. The highest BCUT2D eigenvalue weighted by Crippen LogP contribution is 2.34. The first-order valence-electron chi connectivity index (χ1n) is 8.06. The Hall–Kier alpha value is -2.37. The van der Waals surface area contributed by atoms with Gasteiger partial charge in [0.1, 0.15) is 5.54 Å². The number of hydrogen-bond donors (Lipinski definition) is 1. The molecule has 1 fully saturated rings. The Bertz CT molecular complexity index is 864. The van der Waals surface area contributed by atoms with Gasteiger partial charge in [-0.2, -0.15) is 0 Å². The number of ether oxygens (including phenoxy) is 1. The molecule has 0 unspecified atom stereocenters. The summed E-state index contributed by atoms with van der Waals surface area (Å²) in [5, 5.41) is 0. The number of sulfone groups is 1. The molecule has 140 valence electrons. The first kappa shape index (κ1) is 19.9. The predicted molar refractivity (Wildman–Crippen MR) is 98.0 cm³/mol. The summed E-state index contributed by atoms with van der Waals surface area (Å²) in [7, 11) is -3.28. The molecule has 0 spiro atoms. The monoisotopic (exact) mass is 378 g/mol. The molecular weight excluding hydrogens is 356 g/mol. The van der Waals surface area contributed by atoms with E-state index in [4.69, 9.17) is 16.9 Å². The predicted octanol–water partition coefficient (Wildman–Crippen LogP) is 0.540. The number of hydrogen-bond acceptors (Lipinski definition) is 5. The van der Waals surface area contributed by atoms with Gasteiger partial charge in [-0.3, -0.25) is 14.5 Å². The minimum absolute atomic E-state index is 0.183. The third-order valence-electron chi connectivity index (χ3n) is 4.54. The maximum absolute atomic E-state index is 12.5. The number of terminal acetylenes is 1. The van der Waals surface area contributed by atoms with Crippen LogP contribution in [0.5, 0.6) is 0 Å². The van der Waals surface area contributed by atoms with E-state index < -0.39 is 27.2 Å². The lowest BCUT2D eigenvalue weighted by Gasteiger charge is -2.43. The van der Waals surface area contributed by atoms with E-state index in [1.807, 2.05) is 5.92 Å². The van der Waals surface area contributed by atoms with E-state index in [0.717, 1.165) is 11.8 Å². The molecule has 1 aliphatic heterocycles. The second kappa shape index (κ2) is 7.48. The van der Waals surface area contributed by atoms with Gasteiger partial charge < -0.3 is 10.5 Å². The minimum atomic E-state index is -3.28. The van der Waals surface area contributed by atoms with Crippen LogP contribution in [0.15, 0.2) is 18.2 Å². The minimum Gasteiger partial charge on any atom is -0.381 e. The summed E-state index contributed by atoms with van der Waals surface area (Å²) in [5.74, 6) is 0.480. The molecule has 26 heavy (non-hydrogen) atoms. The molecule has 0 bridgehead atoms. The van der Waals surface area contributed by atoms with Crippen molar-refractivity contribution in [1.29, 1.82) is 0 Å². The van der Waals surface area contributed by atoms with E-state index >= 15 is 0 Å². The maximum Gasteiger partial charge on any atom is 0.303 e. The van der Waals surface area contributed by atoms with Crippen LogP contribution in [0.25, 0.3) is 0 Å². The van der Waals surface area contributed by atoms with E-state index in [9.17, 15) is 18.0 Å². The summed E-state index contributed by atoms with van der Waals surface area (Å²) in [5.41, 5.74) is 5.98. The van der Waals surface area contributed by atoms with Crippen LogP contribution in [0, 0.1) is 19.3 Å². The Morgan fingerprint density at radius 2 is 1.96 bits per heavy atom. The molecule has 1 aliphatic rings. The Morgan fingerprint density at radius 3 is 2.46 bits per heavy atom. The molecule has 0 saturated carbocycles. The van der Waals surface area contributed by atoms with E-state index in [1.165, 1.54) is 4.90 Å². The van der Waals surface area contributed by atoms with Crippen LogP contribution in [0.3, 0.4) is 0 Å². The second-order valence-corrected chi connectivity index (χ2v) is 8.61. The lowest BCUT2D eigenvalue weighted by atomic mass is 9.86. The molecule has 0 aromatic heterocycles. The second-order valence-electron chi connectivity index (χ2n) is 6.47. The fourth-order valence-corrected chi connectivity index (χ4v) is 4.02. The highest BCUT2D eigenvalue weighted by atomic mass is 32.2. The first-order chi connectivity index (χ1) is 12.1. The lowest BCUT2D eigenvalue weighted by Crippen LogP contribution is -2.62. The topological polar surface area (TPSA) is 107 Å². The third-order valence-corrected chi connectivity index (χ3v) is 5.38. The van der Waals surface area contributed by atoms with Crippen molar-refractivity contribution in [2.75, 3.05) is 24.4 Å². The highest BCUT2D eigenvalue weighted by Gasteiger charge is 2.47. The Kier molecular flexibility index (Phi) is 5.74. The van der Waals surface area contributed by atoms with Crippen LogP contribution >= 0.6 is 0 Å². The van der Waals surface area contributed by atoms with Crippen molar-refractivity contribution < 1.29 is 22.7 Å². The zero-order chi connectivity index (χ0) is 19.5. The average molecular weight is 378 g/mol. The van der Waals surface area contributed by atoms with Gasteiger partial charge in [-0.15, -0.1) is 6.42 Å². The number of anilines is 1. The molecule has 1 aromatic carbocycles. The van der Waals surface area contributed by atoms with Crippen molar-refractivity contribution in [3.63, 3.8) is 0 Å². The van der Waals surface area contributed by atoms with Gasteiger partial charge >= 0.3 is 5.91 Å². The number of aryl methyl sites for hydroxylation is 1. The number of nitrogens with zero attached hydrogens (tertiary/aromatic N) is 1. The summed E-state index contributed by atoms with van der Waals surface area (Å²) in [6.07, 6.45) is 6.88. The summed E-state index contributed by atoms with van der Waals surface area (Å²) >= 11 is 0. The van der Waals surface area contributed by atoms with Gasteiger partial charge in [0.15, 0.2) is 9.84 Å². The van der Waals surface area contributed by atoms with Gasteiger partial charge in [-0.05, 0) is 36.1 Å². The molecule has 0 radical (unpaired) electrons. The molecule has 8 heteroatoms. The zero-order valence-electron chi connectivity index (χ0n) is 14.8. The summed E-state index contributed by atoms with van der Waals surface area (Å²) in [6, 6.07) is 4.91. The lowest BCUT2D eigenvalue weighted by molar-refractivity contribution is -0.130.